The first kappa shape index (κ1) is 14.2. The second-order valence-electron chi connectivity index (χ2n) is 4.07. The summed E-state index contributed by atoms with van der Waals surface area (Å²) in [6, 6.07) is 7.51. The van der Waals surface area contributed by atoms with Gasteiger partial charge in [0, 0.05) is 5.56 Å². The minimum Gasteiger partial charge on any atom is -0.441 e. The number of benzene rings is 1. The van der Waals surface area contributed by atoms with E-state index < -0.39 is 0 Å². The van der Waals surface area contributed by atoms with E-state index in [1.165, 1.54) is 11.8 Å². The Hall–Kier alpha value is -2.26. The maximum absolute atomic E-state index is 8.59. The van der Waals surface area contributed by atoms with Crippen molar-refractivity contribution in [1.82, 2.24) is 10.3 Å². The molecule has 1 aromatic heterocycles. The summed E-state index contributed by atoms with van der Waals surface area (Å²) in [5, 5.41) is 11.7. The molecule has 0 amide bonds. The molecule has 0 spiro atoms. The third-order valence-electron chi connectivity index (χ3n) is 2.73. The molecule has 0 radical (unpaired) electrons. The van der Waals surface area contributed by atoms with Gasteiger partial charge in [0.05, 0.1) is 11.4 Å². The van der Waals surface area contributed by atoms with Crippen LogP contribution in [0.5, 0.6) is 0 Å². The first-order valence-corrected chi connectivity index (χ1v) is 7.18. The zero-order valence-electron chi connectivity index (χ0n) is 11.5. The monoisotopic (exact) mass is 286 g/mol. The van der Waals surface area contributed by atoms with E-state index in [2.05, 4.69) is 15.3 Å². The van der Waals surface area contributed by atoms with E-state index in [4.69, 9.17) is 9.68 Å². The van der Waals surface area contributed by atoms with E-state index in [9.17, 15) is 0 Å². The maximum Gasteiger partial charge on any atom is 0.226 e. The first-order valence-electron chi connectivity index (χ1n) is 5.96. The third-order valence-corrected chi connectivity index (χ3v) is 3.31. The summed E-state index contributed by atoms with van der Waals surface area (Å²) in [7, 11) is 0. The van der Waals surface area contributed by atoms with Crippen molar-refractivity contribution in [3.8, 4) is 17.6 Å². The Bertz CT molecular complexity index is 648. The van der Waals surface area contributed by atoms with Gasteiger partial charge in [0.2, 0.25) is 5.89 Å². The largest absolute Gasteiger partial charge is 0.441 e. The number of hydrogen-bond donors (Lipinski definition) is 1. The minimum atomic E-state index is 0.558. The van der Waals surface area contributed by atoms with Crippen LogP contribution in [0.25, 0.3) is 11.5 Å². The van der Waals surface area contributed by atoms with Gasteiger partial charge in [-0.25, -0.2) is 9.98 Å². The number of thioether (sulfide) groups is 1. The minimum absolute atomic E-state index is 0.558. The normalized spacial score (nSPS) is 11.2. The van der Waals surface area contributed by atoms with Crippen LogP contribution in [0.15, 0.2) is 33.7 Å². The molecule has 2 aromatic rings. The summed E-state index contributed by atoms with van der Waals surface area (Å²) >= 11 is 1.38. The van der Waals surface area contributed by atoms with Gasteiger partial charge in [0.25, 0.3) is 0 Å². The van der Waals surface area contributed by atoms with Crippen molar-refractivity contribution in [2.75, 3.05) is 6.26 Å². The summed E-state index contributed by atoms with van der Waals surface area (Å²) in [6.07, 6.45) is 3.72. The highest BCUT2D eigenvalue weighted by Gasteiger charge is 2.07. The number of amidine groups is 1. The van der Waals surface area contributed by atoms with Crippen LogP contribution in [0, 0.1) is 25.3 Å². The number of oxazole rings is 1. The number of hydrogen-bond acceptors (Lipinski definition) is 5. The van der Waals surface area contributed by atoms with E-state index in [1.807, 2.05) is 50.6 Å². The standard InChI is InChI=1S/C14H14N4OS/c1-9-10(2)19-13(17-9)11-4-6-12(7-5-11)18-14(20-3)16-8-15/h4-7H,1-3H3,(H,16,18). The lowest BCUT2D eigenvalue weighted by Gasteiger charge is -2.00. The van der Waals surface area contributed by atoms with Crippen molar-refractivity contribution in [2.24, 2.45) is 4.99 Å². The van der Waals surface area contributed by atoms with E-state index in [1.54, 1.807) is 0 Å². The number of nitrogens with one attached hydrogen (secondary N) is 1. The molecule has 2 rings (SSSR count). The van der Waals surface area contributed by atoms with Gasteiger partial charge < -0.3 is 4.42 Å². The highest BCUT2D eigenvalue weighted by atomic mass is 32.2. The van der Waals surface area contributed by atoms with Crippen LogP contribution in [0.4, 0.5) is 5.69 Å². The molecule has 0 bridgehead atoms. The molecular formula is C14H14N4OS. The lowest BCUT2D eigenvalue weighted by Crippen LogP contribution is -2.12. The molecule has 5 nitrogen and oxygen atoms in total. The first-order chi connectivity index (χ1) is 9.63. The highest BCUT2D eigenvalue weighted by molar-refractivity contribution is 8.13. The van der Waals surface area contributed by atoms with E-state index in [-0.39, 0.29) is 0 Å². The van der Waals surface area contributed by atoms with Gasteiger partial charge >= 0.3 is 0 Å². The Labute approximate surface area is 121 Å². The molecule has 20 heavy (non-hydrogen) atoms. The van der Waals surface area contributed by atoms with Crippen LogP contribution in [-0.2, 0) is 0 Å². The van der Waals surface area contributed by atoms with E-state index >= 15 is 0 Å². The van der Waals surface area contributed by atoms with Gasteiger partial charge in [-0.2, -0.15) is 5.26 Å². The summed E-state index contributed by atoms with van der Waals surface area (Å²) < 4.78 is 5.57. The zero-order chi connectivity index (χ0) is 14.5. The zero-order valence-corrected chi connectivity index (χ0v) is 12.3. The van der Waals surface area contributed by atoms with Gasteiger partial charge in [0.15, 0.2) is 11.4 Å². The van der Waals surface area contributed by atoms with Crippen LogP contribution in [0.3, 0.4) is 0 Å². The highest BCUT2D eigenvalue weighted by Crippen LogP contribution is 2.24. The Morgan fingerprint density at radius 3 is 2.55 bits per heavy atom. The summed E-state index contributed by atoms with van der Waals surface area (Å²) in [6.45, 7) is 3.81. The van der Waals surface area contributed by atoms with Crippen LogP contribution >= 0.6 is 11.8 Å². The van der Waals surface area contributed by atoms with Gasteiger partial charge in [0.1, 0.15) is 5.76 Å². The maximum atomic E-state index is 8.59. The molecule has 0 aliphatic carbocycles. The topological polar surface area (TPSA) is 74.2 Å². The average Bonchev–Trinajstić information content (AvgIpc) is 2.79. The lowest BCUT2D eigenvalue weighted by molar-refractivity contribution is 0.541. The molecule has 102 valence electrons. The Kier molecular flexibility index (Phi) is 4.43. The quantitative estimate of drug-likeness (QED) is 0.396. The molecule has 0 saturated carbocycles. The number of aliphatic imine (C=N–C) groups is 1. The second kappa shape index (κ2) is 6.26. The summed E-state index contributed by atoms with van der Waals surface area (Å²) in [4.78, 5) is 8.67. The van der Waals surface area contributed by atoms with Crippen LogP contribution < -0.4 is 5.32 Å². The van der Waals surface area contributed by atoms with Crippen molar-refractivity contribution >= 4 is 22.6 Å². The molecule has 0 fully saturated rings. The third kappa shape index (κ3) is 3.19. The van der Waals surface area contributed by atoms with Gasteiger partial charge in [-0.15, -0.1) is 0 Å². The Balaban J connectivity index is 2.24. The van der Waals surface area contributed by atoms with Gasteiger partial charge in [-0.05, 0) is 44.4 Å². The SMILES string of the molecule is CSC(=Nc1ccc(-c2nc(C)c(C)o2)cc1)NC#N. The molecule has 0 aliphatic rings. The van der Waals surface area contributed by atoms with E-state index in [0.29, 0.717) is 11.1 Å². The Morgan fingerprint density at radius 1 is 1.35 bits per heavy atom. The fourth-order valence-electron chi connectivity index (χ4n) is 1.56. The van der Waals surface area contributed by atoms with Crippen molar-refractivity contribution < 1.29 is 4.42 Å². The number of nitriles is 1. The van der Waals surface area contributed by atoms with Crippen molar-refractivity contribution in [2.45, 2.75) is 13.8 Å². The molecule has 6 heteroatoms. The van der Waals surface area contributed by atoms with Gasteiger partial charge in [-0.1, -0.05) is 11.8 Å². The molecule has 0 unspecified atom stereocenters. The number of rotatable bonds is 2. The fourth-order valence-corrected chi connectivity index (χ4v) is 1.91. The predicted octanol–water partition coefficient (Wildman–Crippen LogP) is 3.38. The van der Waals surface area contributed by atoms with Crippen molar-refractivity contribution in [3.63, 3.8) is 0 Å². The van der Waals surface area contributed by atoms with Crippen LogP contribution in [-0.4, -0.2) is 16.4 Å². The van der Waals surface area contributed by atoms with Crippen molar-refractivity contribution in [1.29, 1.82) is 5.26 Å². The number of aromatic nitrogens is 1. The number of aryl methyl sites for hydroxylation is 2. The summed E-state index contributed by atoms with van der Waals surface area (Å²) in [5.41, 5.74) is 2.56. The molecular weight excluding hydrogens is 272 g/mol. The fraction of sp³-hybridized carbons (Fsp3) is 0.214. The molecule has 1 heterocycles. The van der Waals surface area contributed by atoms with Gasteiger partial charge in [-0.3, -0.25) is 5.32 Å². The van der Waals surface area contributed by atoms with Crippen LogP contribution in [0.2, 0.25) is 0 Å². The van der Waals surface area contributed by atoms with E-state index in [0.717, 1.165) is 22.7 Å². The second-order valence-corrected chi connectivity index (χ2v) is 4.86. The predicted molar refractivity (Wildman–Crippen MR) is 80.8 cm³/mol. The van der Waals surface area contributed by atoms with Crippen LogP contribution in [0.1, 0.15) is 11.5 Å². The molecule has 0 atom stereocenters. The van der Waals surface area contributed by atoms with Crippen molar-refractivity contribution in [3.05, 3.63) is 35.7 Å². The lowest BCUT2D eigenvalue weighted by atomic mass is 10.2. The number of nitrogens with zero attached hydrogens (tertiary/aromatic N) is 3. The molecule has 1 N–H and O–H groups in total. The molecule has 0 aliphatic heterocycles. The smallest absolute Gasteiger partial charge is 0.226 e. The average molecular weight is 286 g/mol. The molecule has 0 saturated heterocycles. The molecule has 1 aromatic carbocycles. The Morgan fingerprint density at radius 2 is 2.05 bits per heavy atom. The summed E-state index contributed by atoms with van der Waals surface area (Å²) in [5.74, 6) is 1.43.